The van der Waals surface area contributed by atoms with Gasteiger partial charge in [0.05, 0.1) is 0 Å². The molecule has 5 heteroatoms. The number of benzene rings is 3. The molecule has 1 amide bonds. The quantitative estimate of drug-likeness (QED) is 0.378. The maximum Gasteiger partial charge on any atom is 0.253 e. The van der Waals surface area contributed by atoms with Crippen LogP contribution in [0.15, 0.2) is 97.3 Å². The van der Waals surface area contributed by atoms with Crippen molar-refractivity contribution in [3.63, 3.8) is 0 Å². The third-order valence-corrected chi connectivity index (χ3v) is 6.18. The van der Waals surface area contributed by atoms with E-state index < -0.39 is 0 Å². The van der Waals surface area contributed by atoms with Gasteiger partial charge >= 0.3 is 0 Å². The van der Waals surface area contributed by atoms with E-state index in [4.69, 9.17) is 4.74 Å². The summed E-state index contributed by atoms with van der Waals surface area (Å²) in [6.07, 6.45) is 5.91. The molecule has 1 aliphatic heterocycles. The summed E-state index contributed by atoms with van der Waals surface area (Å²) in [5, 5.41) is 0. The van der Waals surface area contributed by atoms with Crippen LogP contribution in [0, 0.1) is 5.92 Å². The molecule has 1 saturated heterocycles. The van der Waals surface area contributed by atoms with E-state index in [1.165, 1.54) is 0 Å². The van der Waals surface area contributed by atoms with Crippen LogP contribution >= 0.6 is 0 Å². The molecule has 0 radical (unpaired) electrons. The summed E-state index contributed by atoms with van der Waals surface area (Å²) < 4.78 is 8.07. The summed E-state index contributed by atoms with van der Waals surface area (Å²) in [6.45, 7) is 2.49. The normalized spacial score (nSPS) is 14.2. The first kappa shape index (κ1) is 21.0. The first-order chi connectivity index (χ1) is 16.3. The number of hydrogen-bond donors (Lipinski definition) is 0. The monoisotopic (exact) mass is 437 g/mol. The van der Waals surface area contributed by atoms with Crippen LogP contribution in [-0.2, 0) is 6.54 Å². The fraction of sp³-hybridized carbons (Fsp3) is 0.214. The van der Waals surface area contributed by atoms with Gasteiger partial charge in [-0.2, -0.15) is 0 Å². The number of nitrogens with zero attached hydrogens (tertiary/aromatic N) is 3. The van der Waals surface area contributed by atoms with Gasteiger partial charge in [-0.25, -0.2) is 4.98 Å². The van der Waals surface area contributed by atoms with Gasteiger partial charge in [-0.15, -0.1) is 0 Å². The van der Waals surface area contributed by atoms with E-state index in [-0.39, 0.29) is 5.91 Å². The molecular formula is C28H27N3O2. The third kappa shape index (κ3) is 4.98. The van der Waals surface area contributed by atoms with Gasteiger partial charge in [0, 0.05) is 43.2 Å². The number of imidazole rings is 1. The van der Waals surface area contributed by atoms with Crippen LogP contribution in [0.25, 0.3) is 11.4 Å². The molecule has 0 atom stereocenters. The average molecular weight is 438 g/mol. The van der Waals surface area contributed by atoms with Crippen LogP contribution in [0.4, 0.5) is 0 Å². The van der Waals surface area contributed by atoms with Crippen molar-refractivity contribution in [1.29, 1.82) is 0 Å². The zero-order chi connectivity index (χ0) is 22.5. The molecule has 2 heterocycles. The van der Waals surface area contributed by atoms with Gasteiger partial charge in [0.25, 0.3) is 5.91 Å². The lowest BCUT2D eigenvalue weighted by molar-refractivity contribution is 0.0683. The highest BCUT2D eigenvalue weighted by Gasteiger charge is 2.24. The molecular weight excluding hydrogens is 410 g/mol. The minimum Gasteiger partial charge on any atom is -0.457 e. The Hall–Kier alpha value is -3.86. The highest BCUT2D eigenvalue weighted by Crippen LogP contribution is 2.25. The Morgan fingerprint density at radius 3 is 2.18 bits per heavy atom. The molecule has 1 aromatic heterocycles. The molecule has 0 aliphatic carbocycles. The number of aromatic nitrogens is 2. The van der Waals surface area contributed by atoms with Gasteiger partial charge in [0.15, 0.2) is 0 Å². The average Bonchev–Trinajstić information content (AvgIpc) is 3.34. The lowest BCUT2D eigenvalue weighted by atomic mass is 9.96. The largest absolute Gasteiger partial charge is 0.457 e. The summed E-state index contributed by atoms with van der Waals surface area (Å²) in [5.74, 6) is 3.14. The molecule has 3 aromatic carbocycles. The van der Waals surface area contributed by atoms with Crippen molar-refractivity contribution in [2.45, 2.75) is 19.4 Å². The number of para-hydroxylation sites is 1. The van der Waals surface area contributed by atoms with E-state index in [1.807, 2.05) is 83.9 Å². The fourth-order valence-electron chi connectivity index (χ4n) is 4.37. The number of piperidine rings is 1. The topological polar surface area (TPSA) is 47.4 Å². The minimum absolute atomic E-state index is 0.0901. The Morgan fingerprint density at radius 2 is 1.48 bits per heavy atom. The van der Waals surface area contributed by atoms with Crippen molar-refractivity contribution < 1.29 is 9.53 Å². The summed E-state index contributed by atoms with van der Waals surface area (Å²) in [4.78, 5) is 19.5. The van der Waals surface area contributed by atoms with Crippen LogP contribution in [0.3, 0.4) is 0 Å². The van der Waals surface area contributed by atoms with Crippen molar-refractivity contribution in [2.75, 3.05) is 13.1 Å². The van der Waals surface area contributed by atoms with E-state index in [0.717, 1.165) is 55.4 Å². The SMILES string of the molecule is O=C(c1ccc(Oc2ccccc2)cc1)N1CCC(Cn2ccnc2-c2ccccc2)CC1. The molecule has 0 saturated carbocycles. The van der Waals surface area contributed by atoms with Gasteiger partial charge in [-0.1, -0.05) is 48.5 Å². The molecule has 0 bridgehead atoms. The van der Waals surface area contributed by atoms with Gasteiger partial charge in [0.2, 0.25) is 0 Å². The van der Waals surface area contributed by atoms with E-state index in [1.54, 1.807) is 0 Å². The Kier molecular flexibility index (Phi) is 6.20. The number of hydrogen-bond acceptors (Lipinski definition) is 3. The Bertz CT molecular complexity index is 1180. The summed E-state index contributed by atoms with van der Waals surface area (Å²) >= 11 is 0. The van der Waals surface area contributed by atoms with Crippen molar-refractivity contribution in [3.8, 4) is 22.9 Å². The number of rotatable bonds is 6. The van der Waals surface area contributed by atoms with Gasteiger partial charge in [-0.3, -0.25) is 4.79 Å². The maximum atomic E-state index is 13.0. The summed E-state index contributed by atoms with van der Waals surface area (Å²) in [6, 6.07) is 27.4. The highest BCUT2D eigenvalue weighted by atomic mass is 16.5. The van der Waals surface area contributed by atoms with Crippen LogP contribution in [0.5, 0.6) is 11.5 Å². The lowest BCUT2D eigenvalue weighted by Gasteiger charge is -2.32. The lowest BCUT2D eigenvalue weighted by Crippen LogP contribution is -2.39. The van der Waals surface area contributed by atoms with Crippen molar-refractivity contribution in [3.05, 3.63) is 103 Å². The zero-order valence-electron chi connectivity index (χ0n) is 18.5. The number of likely N-dealkylation sites (tertiary alicyclic amines) is 1. The van der Waals surface area contributed by atoms with Gasteiger partial charge in [0.1, 0.15) is 17.3 Å². The molecule has 1 fully saturated rings. The zero-order valence-corrected chi connectivity index (χ0v) is 18.5. The second-order valence-corrected chi connectivity index (χ2v) is 8.44. The van der Waals surface area contributed by atoms with Crippen molar-refractivity contribution in [1.82, 2.24) is 14.5 Å². The standard InChI is InChI=1S/C28H27N3O2/c32-28(24-11-13-26(14-12-24)33-25-9-5-2-6-10-25)30-18-15-22(16-19-30)21-31-20-17-29-27(31)23-7-3-1-4-8-23/h1-14,17,20,22H,15-16,18-19,21H2. The third-order valence-electron chi connectivity index (χ3n) is 6.18. The highest BCUT2D eigenvalue weighted by molar-refractivity contribution is 5.94. The molecule has 5 nitrogen and oxygen atoms in total. The molecule has 166 valence electrons. The predicted octanol–water partition coefficient (Wildman–Crippen LogP) is 5.89. The van der Waals surface area contributed by atoms with E-state index in [2.05, 4.69) is 27.9 Å². The summed E-state index contributed by atoms with van der Waals surface area (Å²) in [5.41, 5.74) is 1.84. The van der Waals surface area contributed by atoms with Crippen LogP contribution < -0.4 is 4.74 Å². The first-order valence-corrected chi connectivity index (χ1v) is 11.4. The molecule has 0 N–H and O–H groups in total. The Balaban J connectivity index is 1.16. The molecule has 5 rings (SSSR count). The van der Waals surface area contributed by atoms with Crippen molar-refractivity contribution in [2.24, 2.45) is 5.92 Å². The van der Waals surface area contributed by atoms with Crippen molar-refractivity contribution >= 4 is 5.91 Å². The fourth-order valence-corrected chi connectivity index (χ4v) is 4.37. The second kappa shape index (κ2) is 9.74. The smallest absolute Gasteiger partial charge is 0.253 e. The number of amides is 1. The van der Waals surface area contributed by atoms with Gasteiger partial charge in [-0.05, 0) is 55.2 Å². The molecule has 33 heavy (non-hydrogen) atoms. The molecule has 4 aromatic rings. The van der Waals surface area contributed by atoms with Crippen LogP contribution in [0.2, 0.25) is 0 Å². The molecule has 1 aliphatic rings. The minimum atomic E-state index is 0.0901. The Labute approximate surface area is 194 Å². The Morgan fingerprint density at radius 1 is 0.848 bits per heavy atom. The number of ether oxygens (including phenoxy) is 1. The van der Waals surface area contributed by atoms with E-state index >= 15 is 0 Å². The number of carbonyl (C=O) groups excluding carboxylic acids is 1. The second-order valence-electron chi connectivity index (χ2n) is 8.44. The van der Waals surface area contributed by atoms with E-state index in [0.29, 0.717) is 11.5 Å². The number of carbonyl (C=O) groups is 1. The van der Waals surface area contributed by atoms with Gasteiger partial charge < -0.3 is 14.2 Å². The van der Waals surface area contributed by atoms with E-state index in [9.17, 15) is 4.79 Å². The predicted molar refractivity (Wildman–Crippen MR) is 129 cm³/mol. The molecule has 0 spiro atoms. The first-order valence-electron chi connectivity index (χ1n) is 11.4. The summed E-state index contributed by atoms with van der Waals surface area (Å²) in [7, 11) is 0. The van der Waals surface area contributed by atoms with Crippen LogP contribution in [0.1, 0.15) is 23.2 Å². The van der Waals surface area contributed by atoms with Crippen LogP contribution in [-0.4, -0.2) is 33.4 Å². The molecule has 0 unspecified atom stereocenters. The maximum absolute atomic E-state index is 13.0.